The molecule has 2 aliphatic heterocycles. The summed E-state index contributed by atoms with van der Waals surface area (Å²) < 4.78 is 0. The normalized spacial score (nSPS) is 33.6. The molecule has 0 bridgehead atoms. The maximum Gasteiger partial charge on any atom is 0.241 e. The van der Waals surface area contributed by atoms with Crippen molar-refractivity contribution in [2.45, 2.75) is 31.6 Å². The Hall–Kier alpha value is -0.910. The van der Waals surface area contributed by atoms with Crippen molar-refractivity contribution in [1.82, 2.24) is 15.1 Å². The molecular formula is C13H19N3OS. The Labute approximate surface area is 112 Å². The molecule has 3 atom stereocenters. The fourth-order valence-electron chi connectivity index (χ4n) is 2.93. The smallest absolute Gasteiger partial charge is 0.241 e. The molecule has 3 heterocycles. The van der Waals surface area contributed by atoms with Crippen LogP contribution in [0.25, 0.3) is 0 Å². The Morgan fingerprint density at radius 2 is 2.33 bits per heavy atom. The summed E-state index contributed by atoms with van der Waals surface area (Å²) in [5, 5.41) is 5.49. The van der Waals surface area contributed by atoms with Crippen LogP contribution in [0, 0.1) is 0 Å². The lowest BCUT2D eigenvalue weighted by molar-refractivity contribution is -0.131. The second kappa shape index (κ2) is 4.64. The fourth-order valence-corrected chi connectivity index (χ4v) is 3.72. The van der Waals surface area contributed by atoms with E-state index in [9.17, 15) is 4.79 Å². The highest BCUT2D eigenvalue weighted by atomic mass is 32.1. The van der Waals surface area contributed by atoms with Crippen molar-refractivity contribution in [3.63, 3.8) is 0 Å². The van der Waals surface area contributed by atoms with Gasteiger partial charge in [-0.3, -0.25) is 10.1 Å². The second-order valence-corrected chi connectivity index (χ2v) is 6.24. The lowest BCUT2D eigenvalue weighted by Crippen LogP contribution is -2.41. The Morgan fingerprint density at radius 3 is 2.94 bits per heavy atom. The van der Waals surface area contributed by atoms with E-state index < -0.39 is 0 Å². The third-order valence-electron chi connectivity index (χ3n) is 3.88. The predicted molar refractivity (Wildman–Crippen MR) is 72.4 cm³/mol. The van der Waals surface area contributed by atoms with E-state index >= 15 is 0 Å². The second-order valence-electron chi connectivity index (χ2n) is 5.26. The van der Waals surface area contributed by atoms with E-state index in [1.807, 2.05) is 13.0 Å². The van der Waals surface area contributed by atoms with Gasteiger partial charge in [-0.15, -0.1) is 11.3 Å². The number of hydrogen-bond donors (Lipinski definition) is 1. The van der Waals surface area contributed by atoms with Crippen molar-refractivity contribution in [3.8, 4) is 0 Å². The van der Waals surface area contributed by atoms with Gasteiger partial charge in [0.15, 0.2) is 0 Å². The molecule has 1 amide bonds. The van der Waals surface area contributed by atoms with Crippen LogP contribution in [0.2, 0.25) is 0 Å². The lowest BCUT2D eigenvalue weighted by atomic mass is 10.2. The van der Waals surface area contributed by atoms with Crippen LogP contribution in [0.15, 0.2) is 17.5 Å². The number of carbonyl (C=O) groups is 1. The molecule has 2 fully saturated rings. The molecule has 2 aliphatic rings. The van der Waals surface area contributed by atoms with Gasteiger partial charge < -0.3 is 9.80 Å². The van der Waals surface area contributed by atoms with E-state index in [1.165, 1.54) is 4.88 Å². The molecule has 18 heavy (non-hydrogen) atoms. The van der Waals surface area contributed by atoms with E-state index in [4.69, 9.17) is 0 Å². The zero-order chi connectivity index (χ0) is 12.7. The molecule has 1 N–H and O–H groups in total. The highest BCUT2D eigenvalue weighted by Gasteiger charge is 2.42. The number of thiophene rings is 1. The highest BCUT2D eigenvalue weighted by Crippen LogP contribution is 2.32. The van der Waals surface area contributed by atoms with E-state index in [0.29, 0.717) is 6.04 Å². The first kappa shape index (κ1) is 12.1. The van der Waals surface area contributed by atoms with Crippen molar-refractivity contribution in [2.75, 3.05) is 20.1 Å². The van der Waals surface area contributed by atoms with Crippen molar-refractivity contribution < 1.29 is 4.79 Å². The van der Waals surface area contributed by atoms with Crippen molar-refractivity contribution in [1.29, 1.82) is 0 Å². The first-order valence-corrected chi connectivity index (χ1v) is 7.35. The monoisotopic (exact) mass is 265 g/mol. The van der Waals surface area contributed by atoms with Gasteiger partial charge >= 0.3 is 0 Å². The van der Waals surface area contributed by atoms with Gasteiger partial charge in [0.25, 0.3) is 0 Å². The zero-order valence-corrected chi connectivity index (χ0v) is 11.6. The van der Waals surface area contributed by atoms with Crippen LogP contribution in [-0.4, -0.2) is 47.9 Å². The van der Waals surface area contributed by atoms with Gasteiger partial charge in [0.1, 0.15) is 6.17 Å². The van der Waals surface area contributed by atoms with E-state index in [1.54, 1.807) is 11.3 Å². The van der Waals surface area contributed by atoms with Gasteiger partial charge in [0.2, 0.25) is 5.91 Å². The van der Waals surface area contributed by atoms with Gasteiger partial charge in [-0.05, 0) is 38.4 Å². The molecule has 3 rings (SSSR count). The molecule has 0 spiro atoms. The van der Waals surface area contributed by atoms with E-state index in [2.05, 4.69) is 33.6 Å². The van der Waals surface area contributed by atoms with Crippen molar-refractivity contribution in [3.05, 3.63) is 22.4 Å². The van der Waals surface area contributed by atoms with Gasteiger partial charge in [-0.1, -0.05) is 6.07 Å². The van der Waals surface area contributed by atoms with Gasteiger partial charge in [0, 0.05) is 17.5 Å². The largest absolute Gasteiger partial charge is 0.316 e. The first-order valence-electron chi connectivity index (χ1n) is 6.47. The lowest BCUT2D eigenvalue weighted by Gasteiger charge is -2.29. The molecule has 1 aromatic heterocycles. The summed E-state index contributed by atoms with van der Waals surface area (Å²) in [5.74, 6) is 0.244. The summed E-state index contributed by atoms with van der Waals surface area (Å²) in [7, 11) is 2.12. The molecule has 1 aromatic rings. The molecular weight excluding hydrogens is 246 g/mol. The first-order chi connectivity index (χ1) is 8.66. The minimum Gasteiger partial charge on any atom is -0.316 e. The summed E-state index contributed by atoms with van der Waals surface area (Å²) in [6.07, 6.45) is 1.16. The number of carbonyl (C=O) groups excluding carboxylic acids is 1. The van der Waals surface area contributed by atoms with Gasteiger partial charge in [0.05, 0.1) is 6.04 Å². The van der Waals surface area contributed by atoms with Crippen LogP contribution in [0.3, 0.4) is 0 Å². The maximum absolute atomic E-state index is 12.4. The standard InChI is InChI=1S/C13H19N3OS/c1-9-13(17)16(10-5-6-15(2)8-10)12(14-9)11-4-3-7-18-11/h3-4,7,9-10,12,14H,5-6,8H2,1-2H3. The van der Waals surface area contributed by atoms with Crippen LogP contribution in [-0.2, 0) is 4.79 Å². The molecule has 2 saturated heterocycles. The quantitative estimate of drug-likeness (QED) is 0.875. The third-order valence-corrected chi connectivity index (χ3v) is 4.81. The Kier molecular flexibility index (Phi) is 3.13. The third kappa shape index (κ3) is 1.96. The summed E-state index contributed by atoms with van der Waals surface area (Å²) >= 11 is 1.72. The predicted octanol–water partition coefficient (Wildman–Crippen LogP) is 1.27. The minimum atomic E-state index is -0.0667. The molecule has 4 nitrogen and oxygen atoms in total. The molecule has 3 unspecified atom stereocenters. The van der Waals surface area contributed by atoms with Gasteiger partial charge in [-0.25, -0.2) is 0 Å². The SMILES string of the molecule is CC1NC(c2cccs2)N(C2CCN(C)C2)C1=O. The average molecular weight is 265 g/mol. The van der Waals surface area contributed by atoms with Crippen LogP contribution in [0.5, 0.6) is 0 Å². The Balaban J connectivity index is 1.86. The molecule has 0 aromatic carbocycles. The highest BCUT2D eigenvalue weighted by molar-refractivity contribution is 7.10. The summed E-state index contributed by atoms with van der Waals surface area (Å²) in [6.45, 7) is 4.03. The van der Waals surface area contributed by atoms with Crippen LogP contribution < -0.4 is 5.32 Å². The Morgan fingerprint density at radius 1 is 1.50 bits per heavy atom. The van der Waals surface area contributed by atoms with Crippen molar-refractivity contribution in [2.24, 2.45) is 0 Å². The number of rotatable bonds is 2. The van der Waals surface area contributed by atoms with Crippen LogP contribution in [0.4, 0.5) is 0 Å². The maximum atomic E-state index is 12.4. The summed E-state index contributed by atoms with van der Waals surface area (Å²) in [4.78, 5) is 18.0. The van der Waals surface area contributed by atoms with E-state index in [0.717, 1.165) is 19.5 Å². The number of hydrogen-bond acceptors (Lipinski definition) is 4. The summed E-state index contributed by atoms with van der Waals surface area (Å²) in [5.41, 5.74) is 0. The molecule has 0 radical (unpaired) electrons. The van der Waals surface area contributed by atoms with E-state index in [-0.39, 0.29) is 18.1 Å². The minimum absolute atomic E-state index is 0.0667. The number of likely N-dealkylation sites (N-methyl/N-ethyl adjacent to an activating group) is 1. The van der Waals surface area contributed by atoms with Gasteiger partial charge in [-0.2, -0.15) is 0 Å². The van der Waals surface area contributed by atoms with Crippen LogP contribution in [0.1, 0.15) is 24.4 Å². The molecule has 98 valence electrons. The fraction of sp³-hybridized carbons (Fsp3) is 0.615. The Bertz CT molecular complexity index is 433. The molecule has 0 saturated carbocycles. The number of likely N-dealkylation sites (tertiary alicyclic amines) is 1. The number of nitrogens with one attached hydrogen (secondary N) is 1. The summed E-state index contributed by atoms with van der Waals surface area (Å²) in [6, 6.07) is 4.45. The molecule has 0 aliphatic carbocycles. The molecule has 5 heteroatoms. The number of amides is 1. The van der Waals surface area contributed by atoms with Crippen molar-refractivity contribution >= 4 is 17.2 Å². The zero-order valence-electron chi connectivity index (χ0n) is 10.8. The van der Waals surface area contributed by atoms with Crippen LogP contribution >= 0.6 is 11.3 Å². The average Bonchev–Trinajstić information content (AvgIpc) is 3.02. The topological polar surface area (TPSA) is 35.6 Å². The number of nitrogens with zero attached hydrogens (tertiary/aromatic N) is 2.